The highest BCUT2D eigenvalue weighted by Gasteiger charge is 2.17. The standard InChI is InChI=1S/C11H5N5O2/c17-14-8-6-4-2-1-3-5(6)7-9(8)13-11-10(12-7)15-18-16-11/h1-4H,(H,13,16). The molecular weight excluding hydrogens is 234 g/mol. The zero-order valence-corrected chi connectivity index (χ0v) is 8.91. The van der Waals surface area contributed by atoms with E-state index < -0.39 is 0 Å². The van der Waals surface area contributed by atoms with Crippen molar-refractivity contribution in [3.63, 3.8) is 0 Å². The summed E-state index contributed by atoms with van der Waals surface area (Å²) in [5.74, 6) is 0. The van der Waals surface area contributed by atoms with Crippen LogP contribution in [-0.2, 0) is 0 Å². The lowest BCUT2D eigenvalue weighted by Crippen LogP contribution is -1.83. The van der Waals surface area contributed by atoms with Crippen LogP contribution >= 0.6 is 0 Å². The molecule has 4 rings (SSSR count). The van der Waals surface area contributed by atoms with Gasteiger partial charge in [-0.2, -0.15) is 5.16 Å². The lowest BCUT2D eigenvalue weighted by molar-refractivity contribution is 0.314. The Kier molecular flexibility index (Phi) is 1.59. The molecule has 0 spiro atoms. The van der Waals surface area contributed by atoms with Crippen LogP contribution in [0.4, 0.5) is 5.69 Å². The first-order valence-corrected chi connectivity index (χ1v) is 5.24. The van der Waals surface area contributed by atoms with Crippen molar-refractivity contribution in [3.8, 4) is 0 Å². The lowest BCUT2D eigenvalue weighted by Gasteiger charge is -1.89. The molecule has 2 heterocycles. The lowest BCUT2D eigenvalue weighted by atomic mass is 10.2. The van der Waals surface area contributed by atoms with Crippen molar-refractivity contribution in [3.05, 3.63) is 29.2 Å². The number of nitrogens with one attached hydrogen (secondary N) is 1. The van der Waals surface area contributed by atoms with E-state index in [1.165, 1.54) is 0 Å². The first-order chi connectivity index (χ1) is 8.88. The Hall–Kier alpha value is -2.83. The van der Waals surface area contributed by atoms with Crippen molar-refractivity contribution < 1.29 is 4.63 Å². The molecule has 86 valence electrons. The molecule has 7 heteroatoms. The van der Waals surface area contributed by atoms with Crippen LogP contribution in [-0.4, -0.2) is 20.3 Å². The third kappa shape index (κ3) is 1.000. The zero-order valence-electron chi connectivity index (χ0n) is 8.91. The molecule has 18 heavy (non-hydrogen) atoms. The van der Waals surface area contributed by atoms with Crippen molar-refractivity contribution >= 4 is 38.8 Å². The van der Waals surface area contributed by atoms with E-state index in [1.807, 2.05) is 24.3 Å². The molecule has 0 aliphatic rings. The molecule has 0 bridgehead atoms. The topological polar surface area (TPSA) is 97.0 Å². The molecule has 7 nitrogen and oxygen atoms in total. The van der Waals surface area contributed by atoms with Crippen LogP contribution in [0.2, 0.25) is 0 Å². The molecule has 0 aliphatic heterocycles. The Bertz CT molecular complexity index is 908. The molecule has 0 unspecified atom stereocenters. The summed E-state index contributed by atoms with van der Waals surface area (Å²) in [6.45, 7) is 0. The summed E-state index contributed by atoms with van der Waals surface area (Å²) in [6, 6.07) is 7.41. The van der Waals surface area contributed by atoms with E-state index in [-0.39, 0.29) is 0 Å². The van der Waals surface area contributed by atoms with E-state index in [9.17, 15) is 4.91 Å². The van der Waals surface area contributed by atoms with Gasteiger partial charge >= 0.3 is 0 Å². The summed E-state index contributed by atoms with van der Waals surface area (Å²) in [4.78, 5) is 19.6. The van der Waals surface area contributed by atoms with Crippen LogP contribution in [0.25, 0.3) is 33.1 Å². The normalized spacial score (nSPS) is 11.6. The number of nitroso groups, excluding NO2 is 1. The van der Waals surface area contributed by atoms with E-state index in [0.29, 0.717) is 28.0 Å². The Balaban J connectivity index is 2.36. The Morgan fingerprint density at radius 1 is 1.11 bits per heavy atom. The molecule has 0 fully saturated rings. The highest BCUT2D eigenvalue weighted by Crippen LogP contribution is 2.37. The largest absolute Gasteiger partial charge is 0.267 e. The monoisotopic (exact) mass is 239 g/mol. The minimum absolute atomic E-state index is 0.296. The Morgan fingerprint density at radius 2 is 1.94 bits per heavy atom. The second-order valence-corrected chi connectivity index (χ2v) is 3.86. The summed E-state index contributed by atoms with van der Waals surface area (Å²) in [5.41, 5.74) is 2.12. The molecular formula is C11H5N5O2. The van der Waals surface area contributed by atoms with Gasteiger partial charge in [0.15, 0.2) is 0 Å². The van der Waals surface area contributed by atoms with Gasteiger partial charge in [-0.3, -0.25) is 4.63 Å². The van der Waals surface area contributed by atoms with Gasteiger partial charge in [-0.25, -0.2) is 9.97 Å². The van der Waals surface area contributed by atoms with E-state index in [2.05, 4.69) is 30.1 Å². The molecule has 2 aromatic carbocycles. The number of nitrogens with zero attached hydrogens (tertiary/aromatic N) is 4. The smallest absolute Gasteiger partial charge is 0.241 e. The van der Waals surface area contributed by atoms with Crippen LogP contribution < -0.4 is 0 Å². The molecule has 0 saturated carbocycles. The first-order valence-electron chi connectivity index (χ1n) is 5.24. The number of hydrogen-bond donors (Lipinski definition) is 1. The Morgan fingerprint density at radius 3 is 2.78 bits per heavy atom. The third-order valence-electron chi connectivity index (χ3n) is 2.90. The highest BCUT2D eigenvalue weighted by atomic mass is 16.6. The second-order valence-electron chi connectivity index (χ2n) is 3.86. The third-order valence-corrected chi connectivity index (χ3v) is 2.90. The van der Waals surface area contributed by atoms with Crippen molar-refractivity contribution in [2.45, 2.75) is 0 Å². The van der Waals surface area contributed by atoms with E-state index >= 15 is 0 Å². The number of aromatic nitrogens is 4. The summed E-state index contributed by atoms with van der Waals surface area (Å²) in [6.07, 6.45) is 0. The molecule has 0 atom stereocenters. The van der Waals surface area contributed by atoms with Gasteiger partial charge in [0, 0.05) is 10.8 Å². The second kappa shape index (κ2) is 3.10. The molecule has 2 aromatic heterocycles. The number of benzene rings is 1. The fourth-order valence-electron chi connectivity index (χ4n) is 2.14. The van der Waals surface area contributed by atoms with Gasteiger partial charge in [-0.1, -0.05) is 24.3 Å². The number of aromatic amines is 1. The molecule has 1 N–H and O–H groups in total. The van der Waals surface area contributed by atoms with E-state index in [0.717, 1.165) is 10.8 Å². The van der Waals surface area contributed by atoms with Crippen molar-refractivity contribution in [1.82, 2.24) is 20.3 Å². The predicted octanol–water partition coefficient (Wildman–Crippen LogP) is 2.65. The summed E-state index contributed by atoms with van der Waals surface area (Å²) in [5, 5.41) is 10.8. The maximum absolute atomic E-state index is 11.0. The molecule has 0 amide bonds. The SMILES string of the molecule is O=Nc1c2ccccc2c2nc3no[nH]c3nc12. The minimum Gasteiger partial charge on any atom is -0.267 e. The van der Waals surface area contributed by atoms with Crippen molar-refractivity contribution in [2.24, 2.45) is 5.18 Å². The van der Waals surface area contributed by atoms with Gasteiger partial charge in [0.1, 0.15) is 16.7 Å². The predicted molar refractivity (Wildman–Crippen MR) is 64.4 cm³/mol. The van der Waals surface area contributed by atoms with E-state index in [1.54, 1.807) is 0 Å². The molecule has 0 aliphatic carbocycles. The molecule has 4 aromatic rings. The molecule has 0 saturated heterocycles. The van der Waals surface area contributed by atoms with Gasteiger partial charge in [-0.05, 0) is 10.3 Å². The van der Waals surface area contributed by atoms with Crippen LogP contribution in [0.5, 0.6) is 0 Å². The average Bonchev–Trinajstić information content (AvgIpc) is 2.97. The van der Waals surface area contributed by atoms with Gasteiger partial charge < -0.3 is 0 Å². The fraction of sp³-hybridized carbons (Fsp3) is 0. The minimum atomic E-state index is 0.296. The zero-order chi connectivity index (χ0) is 12.1. The van der Waals surface area contributed by atoms with Gasteiger partial charge in [0.2, 0.25) is 11.3 Å². The van der Waals surface area contributed by atoms with Crippen molar-refractivity contribution in [2.75, 3.05) is 0 Å². The maximum atomic E-state index is 11.0. The van der Waals surface area contributed by atoms with Gasteiger partial charge in [-0.15, -0.1) is 4.91 Å². The summed E-state index contributed by atoms with van der Waals surface area (Å²) in [7, 11) is 0. The summed E-state index contributed by atoms with van der Waals surface area (Å²) < 4.78 is 4.68. The average molecular weight is 239 g/mol. The maximum Gasteiger partial charge on any atom is 0.241 e. The van der Waals surface area contributed by atoms with Crippen LogP contribution in [0, 0.1) is 4.91 Å². The van der Waals surface area contributed by atoms with Crippen LogP contribution in [0.3, 0.4) is 0 Å². The van der Waals surface area contributed by atoms with Crippen molar-refractivity contribution in [1.29, 1.82) is 0 Å². The number of rotatable bonds is 1. The highest BCUT2D eigenvalue weighted by molar-refractivity contribution is 6.18. The first kappa shape index (κ1) is 9.23. The van der Waals surface area contributed by atoms with Gasteiger partial charge in [0.25, 0.3) is 0 Å². The number of hydrogen-bond acceptors (Lipinski definition) is 6. The van der Waals surface area contributed by atoms with Crippen LogP contribution in [0.15, 0.2) is 34.1 Å². The Labute approximate surface area is 98.7 Å². The fourth-order valence-corrected chi connectivity index (χ4v) is 2.14. The number of fused-ring (bicyclic) bond motifs is 4. The number of H-pyrrole nitrogens is 1. The van der Waals surface area contributed by atoms with Crippen LogP contribution in [0.1, 0.15) is 0 Å². The van der Waals surface area contributed by atoms with Gasteiger partial charge in [0.05, 0.1) is 0 Å². The molecule has 0 radical (unpaired) electrons. The van der Waals surface area contributed by atoms with E-state index in [4.69, 9.17) is 0 Å². The quantitative estimate of drug-likeness (QED) is 0.515. The summed E-state index contributed by atoms with van der Waals surface area (Å²) >= 11 is 0.